The van der Waals surface area contributed by atoms with Crippen LogP contribution in [0.25, 0.3) is 0 Å². The first-order valence-electron chi connectivity index (χ1n) is 4.91. The van der Waals surface area contributed by atoms with Crippen molar-refractivity contribution in [1.29, 1.82) is 0 Å². The van der Waals surface area contributed by atoms with E-state index in [9.17, 15) is 9.59 Å². The van der Waals surface area contributed by atoms with Gasteiger partial charge in [0, 0.05) is 26.7 Å². The van der Waals surface area contributed by atoms with E-state index in [1.54, 1.807) is 11.9 Å². The number of carbonyl (C=O) groups is 2. The summed E-state index contributed by atoms with van der Waals surface area (Å²) in [7, 11) is 1.61. The van der Waals surface area contributed by atoms with Gasteiger partial charge in [0.05, 0.1) is 19.6 Å². The van der Waals surface area contributed by atoms with Crippen molar-refractivity contribution in [3.8, 4) is 0 Å². The molecule has 0 aromatic carbocycles. The summed E-state index contributed by atoms with van der Waals surface area (Å²) >= 11 is 0. The molecule has 86 valence electrons. The van der Waals surface area contributed by atoms with Gasteiger partial charge in [-0.05, 0) is 0 Å². The van der Waals surface area contributed by atoms with Gasteiger partial charge in [0.25, 0.3) is 0 Å². The smallest absolute Gasteiger partial charge is 0.319 e. The summed E-state index contributed by atoms with van der Waals surface area (Å²) in [6, 6.07) is -0.125. The number of ether oxygens (including phenoxy) is 1. The van der Waals surface area contributed by atoms with Crippen LogP contribution >= 0.6 is 0 Å². The molecule has 1 N–H and O–H groups in total. The van der Waals surface area contributed by atoms with E-state index in [-0.39, 0.29) is 19.0 Å². The van der Waals surface area contributed by atoms with Gasteiger partial charge in [0.2, 0.25) is 0 Å². The second-order valence-corrected chi connectivity index (χ2v) is 3.45. The van der Waals surface area contributed by atoms with E-state index >= 15 is 0 Å². The second kappa shape index (κ2) is 5.55. The Labute approximate surface area is 88.4 Å². The Morgan fingerprint density at radius 2 is 2.00 bits per heavy atom. The molecule has 0 bridgehead atoms. The first kappa shape index (κ1) is 11.8. The summed E-state index contributed by atoms with van der Waals surface area (Å²) in [5.41, 5.74) is 0. The van der Waals surface area contributed by atoms with Gasteiger partial charge in [-0.25, -0.2) is 4.79 Å². The molecule has 6 heteroatoms. The Hall–Kier alpha value is -1.30. The van der Waals surface area contributed by atoms with Crippen LogP contribution in [0.4, 0.5) is 4.79 Å². The molecule has 1 fully saturated rings. The summed E-state index contributed by atoms with van der Waals surface area (Å²) in [4.78, 5) is 25.1. The summed E-state index contributed by atoms with van der Waals surface area (Å²) in [5.74, 6) is -0.892. The minimum atomic E-state index is -0.892. The number of carbonyl (C=O) groups excluding carboxylic acids is 1. The van der Waals surface area contributed by atoms with Gasteiger partial charge in [-0.3, -0.25) is 4.79 Å². The Kier molecular flexibility index (Phi) is 4.36. The number of carboxylic acids is 1. The van der Waals surface area contributed by atoms with Gasteiger partial charge in [0.1, 0.15) is 0 Å². The molecule has 1 saturated heterocycles. The number of urea groups is 1. The van der Waals surface area contributed by atoms with E-state index in [4.69, 9.17) is 9.84 Å². The molecular formula is C9H16N2O4. The molecule has 0 saturated carbocycles. The second-order valence-electron chi connectivity index (χ2n) is 3.45. The third-order valence-corrected chi connectivity index (χ3v) is 2.27. The number of morpholine rings is 1. The Balaban J connectivity index is 2.33. The lowest BCUT2D eigenvalue weighted by atomic mass is 10.4. The van der Waals surface area contributed by atoms with Crippen LogP contribution in [-0.4, -0.2) is 66.8 Å². The summed E-state index contributed by atoms with van der Waals surface area (Å²) < 4.78 is 5.12. The van der Waals surface area contributed by atoms with Gasteiger partial charge in [-0.2, -0.15) is 0 Å². The molecule has 0 spiro atoms. The fourth-order valence-corrected chi connectivity index (χ4v) is 1.36. The maximum Gasteiger partial charge on any atom is 0.319 e. The Morgan fingerprint density at radius 3 is 2.53 bits per heavy atom. The van der Waals surface area contributed by atoms with E-state index in [0.717, 1.165) is 0 Å². The van der Waals surface area contributed by atoms with E-state index in [1.165, 1.54) is 4.90 Å². The average molecular weight is 216 g/mol. The maximum atomic E-state index is 11.7. The topological polar surface area (TPSA) is 70.1 Å². The molecule has 15 heavy (non-hydrogen) atoms. The minimum Gasteiger partial charge on any atom is -0.481 e. The zero-order valence-electron chi connectivity index (χ0n) is 8.81. The molecule has 0 radical (unpaired) electrons. The van der Waals surface area contributed by atoms with Crippen LogP contribution in [0.3, 0.4) is 0 Å². The third-order valence-electron chi connectivity index (χ3n) is 2.27. The molecule has 1 rings (SSSR count). The van der Waals surface area contributed by atoms with Crippen molar-refractivity contribution in [3.63, 3.8) is 0 Å². The summed E-state index contributed by atoms with van der Waals surface area (Å²) in [6.07, 6.45) is -0.0213. The van der Waals surface area contributed by atoms with Gasteiger partial charge in [-0.15, -0.1) is 0 Å². The predicted octanol–water partition coefficient (Wildman–Crippen LogP) is -0.155. The standard InChI is InChI=1S/C9H16N2O4/c1-10(3-2-8(12)13)9(14)11-4-6-15-7-5-11/h2-7H2,1H3,(H,12,13). The average Bonchev–Trinajstić information content (AvgIpc) is 2.26. The predicted molar refractivity (Wildman–Crippen MR) is 52.7 cm³/mol. The van der Waals surface area contributed by atoms with Crippen LogP contribution in [0.15, 0.2) is 0 Å². The van der Waals surface area contributed by atoms with Gasteiger partial charge < -0.3 is 19.6 Å². The molecule has 0 aromatic rings. The molecule has 1 aliphatic rings. The van der Waals surface area contributed by atoms with Crippen LogP contribution in [0.1, 0.15) is 6.42 Å². The number of carboxylic acid groups (broad SMARTS) is 1. The highest BCUT2D eigenvalue weighted by Crippen LogP contribution is 2.02. The van der Waals surface area contributed by atoms with E-state index in [2.05, 4.69) is 0 Å². The fourth-order valence-electron chi connectivity index (χ4n) is 1.36. The monoisotopic (exact) mass is 216 g/mol. The summed E-state index contributed by atoms with van der Waals surface area (Å²) in [5, 5.41) is 8.48. The van der Waals surface area contributed by atoms with Crippen LogP contribution in [-0.2, 0) is 9.53 Å². The van der Waals surface area contributed by atoms with Crippen LogP contribution in [0.5, 0.6) is 0 Å². The SMILES string of the molecule is CN(CCC(=O)O)C(=O)N1CCOCC1. The van der Waals surface area contributed by atoms with Crippen LogP contribution in [0.2, 0.25) is 0 Å². The number of aliphatic carboxylic acids is 1. The molecule has 2 amide bonds. The third kappa shape index (κ3) is 3.75. The van der Waals surface area contributed by atoms with Gasteiger partial charge in [0.15, 0.2) is 0 Å². The van der Waals surface area contributed by atoms with Crippen molar-refractivity contribution < 1.29 is 19.4 Å². The molecule has 0 atom stereocenters. The highest BCUT2D eigenvalue weighted by Gasteiger charge is 2.20. The largest absolute Gasteiger partial charge is 0.481 e. The highest BCUT2D eigenvalue weighted by atomic mass is 16.5. The zero-order valence-corrected chi connectivity index (χ0v) is 8.81. The Morgan fingerprint density at radius 1 is 1.40 bits per heavy atom. The molecule has 0 aliphatic carbocycles. The number of hydrogen-bond acceptors (Lipinski definition) is 3. The van der Waals surface area contributed by atoms with E-state index in [0.29, 0.717) is 26.3 Å². The first-order valence-corrected chi connectivity index (χ1v) is 4.91. The highest BCUT2D eigenvalue weighted by molar-refractivity contribution is 5.75. The number of nitrogens with zero attached hydrogens (tertiary/aromatic N) is 2. The normalized spacial score (nSPS) is 16.2. The first-order chi connectivity index (χ1) is 7.11. The minimum absolute atomic E-state index is 0.0213. The summed E-state index contributed by atoms with van der Waals surface area (Å²) in [6.45, 7) is 2.51. The molecule has 6 nitrogen and oxygen atoms in total. The van der Waals surface area contributed by atoms with Crippen molar-refractivity contribution in [2.24, 2.45) is 0 Å². The number of hydrogen-bond donors (Lipinski definition) is 1. The number of amides is 2. The van der Waals surface area contributed by atoms with Gasteiger partial charge >= 0.3 is 12.0 Å². The molecular weight excluding hydrogens is 200 g/mol. The van der Waals surface area contributed by atoms with Crippen molar-refractivity contribution in [2.75, 3.05) is 39.9 Å². The molecule has 1 aliphatic heterocycles. The zero-order chi connectivity index (χ0) is 11.3. The quantitative estimate of drug-likeness (QED) is 0.712. The van der Waals surface area contributed by atoms with E-state index in [1.807, 2.05) is 0 Å². The van der Waals surface area contributed by atoms with Crippen molar-refractivity contribution >= 4 is 12.0 Å². The number of rotatable bonds is 3. The lowest BCUT2D eigenvalue weighted by Gasteiger charge is -2.30. The Bertz CT molecular complexity index is 238. The lowest BCUT2D eigenvalue weighted by molar-refractivity contribution is -0.137. The van der Waals surface area contributed by atoms with Gasteiger partial charge in [-0.1, -0.05) is 0 Å². The lowest BCUT2D eigenvalue weighted by Crippen LogP contribution is -2.47. The van der Waals surface area contributed by atoms with Crippen molar-refractivity contribution in [3.05, 3.63) is 0 Å². The van der Waals surface area contributed by atoms with Crippen LogP contribution < -0.4 is 0 Å². The van der Waals surface area contributed by atoms with Crippen LogP contribution in [0, 0.1) is 0 Å². The molecule has 0 unspecified atom stereocenters. The van der Waals surface area contributed by atoms with E-state index < -0.39 is 5.97 Å². The van der Waals surface area contributed by atoms with Crippen molar-refractivity contribution in [1.82, 2.24) is 9.80 Å². The maximum absolute atomic E-state index is 11.7. The van der Waals surface area contributed by atoms with Crippen molar-refractivity contribution in [2.45, 2.75) is 6.42 Å². The molecule has 1 heterocycles. The molecule has 0 aromatic heterocycles. The fraction of sp³-hybridized carbons (Fsp3) is 0.778.